The normalized spacial score (nSPS) is 9.85. The van der Waals surface area contributed by atoms with Gasteiger partial charge in [0.05, 0.1) is 7.11 Å². The summed E-state index contributed by atoms with van der Waals surface area (Å²) in [6.07, 6.45) is 12.5. The molecule has 0 amide bonds. The van der Waals surface area contributed by atoms with Gasteiger partial charge in [-0.2, -0.15) is 10.2 Å². The summed E-state index contributed by atoms with van der Waals surface area (Å²) >= 11 is 0. The molecule has 1 radical (unpaired) electrons. The summed E-state index contributed by atoms with van der Waals surface area (Å²) in [5, 5.41) is 8.16. The van der Waals surface area contributed by atoms with Gasteiger partial charge in [0.1, 0.15) is 5.75 Å². The molecule has 0 saturated carbocycles. The van der Waals surface area contributed by atoms with Crippen LogP contribution in [0.4, 0.5) is 0 Å². The fourth-order valence-corrected chi connectivity index (χ4v) is 3.57. The van der Waals surface area contributed by atoms with Gasteiger partial charge < -0.3 is 15.5 Å². The van der Waals surface area contributed by atoms with Crippen LogP contribution in [0.1, 0.15) is 16.7 Å². The third-order valence-corrected chi connectivity index (χ3v) is 5.63. The third-order valence-electron chi connectivity index (χ3n) is 5.63. The van der Waals surface area contributed by atoms with Gasteiger partial charge in [-0.15, -0.1) is 35.4 Å². The second-order valence-corrected chi connectivity index (χ2v) is 8.68. The molecule has 9 nitrogen and oxygen atoms in total. The summed E-state index contributed by atoms with van der Waals surface area (Å²) in [4.78, 5) is 12.6. The quantitative estimate of drug-likeness (QED) is 0.245. The molecule has 0 spiro atoms. The molecule has 2 N–H and O–H groups in total. The molecule has 0 atom stereocenters. The molecule has 0 fully saturated rings. The molecule has 5 heterocycles. The Hall–Kier alpha value is -4.51. The van der Waals surface area contributed by atoms with E-state index < -0.39 is 0 Å². The van der Waals surface area contributed by atoms with E-state index in [9.17, 15) is 0 Å². The van der Waals surface area contributed by atoms with Crippen LogP contribution in [0.3, 0.4) is 0 Å². The van der Waals surface area contributed by atoms with Crippen molar-refractivity contribution in [3.05, 3.63) is 133 Å². The molecule has 0 unspecified atom stereocenters. The summed E-state index contributed by atoms with van der Waals surface area (Å²) in [5.74, 6) is 2.51. The van der Waals surface area contributed by atoms with Crippen LogP contribution in [-0.4, -0.2) is 41.6 Å². The molecule has 5 aromatic heterocycles. The third kappa shape index (κ3) is 9.28. The number of pyridine rings is 3. The second-order valence-electron chi connectivity index (χ2n) is 8.68. The fourth-order valence-electron chi connectivity index (χ4n) is 3.57. The van der Waals surface area contributed by atoms with Gasteiger partial charge >= 0.3 is 19.8 Å². The van der Waals surface area contributed by atoms with Gasteiger partial charge in [0.25, 0.3) is 0 Å². The van der Waals surface area contributed by atoms with Crippen molar-refractivity contribution in [2.45, 2.75) is 20.4 Å². The Morgan fingerprint density at radius 2 is 1.34 bits per heavy atom. The number of hydrogen-bond donors (Lipinski definition) is 1. The predicted octanol–water partition coefficient (Wildman–Crippen LogP) is 5.17. The number of rotatable bonds is 5. The van der Waals surface area contributed by atoms with Crippen molar-refractivity contribution in [3.63, 3.8) is 0 Å². The van der Waals surface area contributed by atoms with Gasteiger partial charge in [-0.05, 0) is 79.2 Å². The predicted molar refractivity (Wildman–Crippen MR) is 155 cm³/mol. The SMILES string of the molecule is COc1ccnc(-c2[c-]ccc(CN)c2)c1.Cc1ccnc(-n2cccn2)c1.Cc1ccnc(-n2cccn2)c1.[Os+]. The van der Waals surface area contributed by atoms with Gasteiger partial charge in [0.2, 0.25) is 0 Å². The second kappa shape index (κ2) is 15.9. The first-order chi connectivity index (χ1) is 19.6. The summed E-state index contributed by atoms with van der Waals surface area (Å²) in [5.41, 5.74) is 10.8. The summed E-state index contributed by atoms with van der Waals surface area (Å²) < 4.78 is 8.64. The van der Waals surface area contributed by atoms with Gasteiger partial charge in [-0.25, -0.2) is 19.3 Å². The van der Waals surface area contributed by atoms with Crippen LogP contribution in [-0.2, 0) is 26.3 Å². The minimum atomic E-state index is 0. The molecular weight excluding hydrogens is 691 g/mol. The fraction of sp³-hybridized carbons (Fsp3) is 0.129. The number of methoxy groups -OCH3 is 1. The summed E-state index contributed by atoms with van der Waals surface area (Å²) in [6.45, 7) is 4.59. The Morgan fingerprint density at radius 3 is 1.83 bits per heavy atom. The molecule has 10 heteroatoms. The van der Waals surface area contributed by atoms with Crippen LogP contribution in [0.5, 0.6) is 5.75 Å². The van der Waals surface area contributed by atoms with E-state index in [0.717, 1.165) is 34.2 Å². The Labute approximate surface area is 253 Å². The molecule has 0 aliphatic heterocycles. The van der Waals surface area contributed by atoms with E-state index in [1.165, 1.54) is 11.1 Å². The number of ether oxygens (including phenoxy) is 1. The first-order valence-corrected chi connectivity index (χ1v) is 12.6. The minimum absolute atomic E-state index is 0. The molecule has 41 heavy (non-hydrogen) atoms. The number of benzene rings is 1. The zero-order valence-corrected chi connectivity index (χ0v) is 25.6. The van der Waals surface area contributed by atoms with E-state index in [0.29, 0.717) is 6.54 Å². The van der Waals surface area contributed by atoms with Crippen molar-refractivity contribution in [2.75, 3.05) is 7.11 Å². The molecule has 6 rings (SSSR count). The zero-order chi connectivity index (χ0) is 28.2. The summed E-state index contributed by atoms with van der Waals surface area (Å²) in [7, 11) is 1.64. The largest absolute Gasteiger partial charge is 1.00 e. The van der Waals surface area contributed by atoms with Crippen LogP contribution in [0.15, 0.2) is 110 Å². The van der Waals surface area contributed by atoms with Crippen molar-refractivity contribution in [3.8, 4) is 28.6 Å². The van der Waals surface area contributed by atoms with Crippen LogP contribution in [0.2, 0.25) is 0 Å². The maximum atomic E-state index is 5.59. The van der Waals surface area contributed by atoms with Crippen LogP contribution >= 0.6 is 0 Å². The van der Waals surface area contributed by atoms with Gasteiger partial charge in [0, 0.05) is 49.9 Å². The van der Waals surface area contributed by atoms with E-state index in [2.05, 4.69) is 31.2 Å². The molecule has 0 aliphatic carbocycles. The van der Waals surface area contributed by atoms with Crippen LogP contribution < -0.4 is 10.5 Å². The molecule has 6 aromatic rings. The molecule has 0 saturated heterocycles. The van der Waals surface area contributed by atoms with Crippen LogP contribution in [0, 0.1) is 19.9 Å². The van der Waals surface area contributed by atoms with E-state index in [-0.39, 0.29) is 19.8 Å². The smallest absolute Gasteiger partial charge is 0.497 e. The molecular formula is C31H31N8OOs. The Morgan fingerprint density at radius 1 is 0.756 bits per heavy atom. The van der Waals surface area contributed by atoms with E-state index in [4.69, 9.17) is 10.5 Å². The first kappa shape index (κ1) is 31.0. The standard InChI is InChI=1S/C13H13N2O.2C9H9N3.Os/c1-16-12-5-6-15-13(8-12)11-4-2-3-10(7-11)9-14;2*1-8-3-5-10-9(7-8)12-6-2-4-11-12;/h2-3,5-8H,9,14H2,1H3;2*2-7H,1H3;/q-1;;;+1. The maximum Gasteiger partial charge on any atom is 1.00 e. The van der Waals surface area contributed by atoms with Crippen molar-refractivity contribution in [1.82, 2.24) is 34.5 Å². The summed E-state index contributed by atoms with van der Waals surface area (Å²) in [6, 6.07) is 24.3. The van der Waals surface area contributed by atoms with Crippen molar-refractivity contribution >= 4 is 0 Å². The number of hydrogen-bond acceptors (Lipinski definition) is 7. The Balaban J connectivity index is 0.000000169. The number of aryl methyl sites for hydroxylation is 2. The number of nitrogens with two attached hydrogens (primary N) is 1. The van der Waals surface area contributed by atoms with Crippen LogP contribution in [0.25, 0.3) is 22.9 Å². The van der Waals surface area contributed by atoms with Gasteiger partial charge in [0.15, 0.2) is 11.6 Å². The van der Waals surface area contributed by atoms with Crippen molar-refractivity contribution in [1.29, 1.82) is 0 Å². The van der Waals surface area contributed by atoms with Crippen molar-refractivity contribution < 1.29 is 24.5 Å². The topological polar surface area (TPSA) is 110 Å². The van der Waals surface area contributed by atoms with Crippen molar-refractivity contribution in [2.24, 2.45) is 5.73 Å². The molecule has 0 aliphatic rings. The Kier molecular flexibility index (Phi) is 12.0. The zero-order valence-electron chi connectivity index (χ0n) is 23.1. The average Bonchev–Trinajstić information content (AvgIpc) is 3.74. The molecule has 1 aromatic carbocycles. The van der Waals surface area contributed by atoms with Gasteiger partial charge in [-0.3, -0.25) is 0 Å². The Bertz CT molecular complexity index is 1480. The van der Waals surface area contributed by atoms with E-state index >= 15 is 0 Å². The monoisotopic (exact) mass is 723 g/mol. The van der Waals surface area contributed by atoms with Gasteiger partial charge in [-0.1, -0.05) is 0 Å². The molecule has 209 valence electrons. The minimum Gasteiger partial charge on any atom is -0.497 e. The average molecular weight is 722 g/mol. The van der Waals surface area contributed by atoms with E-state index in [1.54, 1.807) is 47.5 Å². The number of aromatic nitrogens is 7. The maximum absolute atomic E-state index is 5.59. The van der Waals surface area contributed by atoms with E-state index in [1.807, 2.05) is 93.0 Å². The first-order valence-electron chi connectivity index (χ1n) is 12.6. The molecule has 0 bridgehead atoms. The number of nitrogens with zero attached hydrogens (tertiary/aromatic N) is 7.